The minimum Gasteiger partial charge on any atom is -0.335 e. The smallest absolute Gasteiger partial charge is 0.328 e. The molecule has 2 amide bonds. The maximum atomic E-state index is 11.2. The fraction of sp³-hybridized carbons (Fsp3) is 0.857. The van der Waals surface area contributed by atoms with Crippen molar-refractivity contribution in [1.29, 1.82) is 0 Å². The molecule has 13 heavy (non-hydrogen) atoms. The van der Waals surface area contributed by atoms with Gasteiger partial charge >= 0.3 is 6.03 Å². The quantitative estimate of drug-likeness (QED) is 0.692. The van der Waals surface area contributed by atoms with Crippen LogP contribution in [0.25, 0.3) is 0 Å². The van der Waals surface area contributed by atoms with E-state index in [4.69, 9.17) is 0 Å². The van der Waals surface area contributed by atoms with Gasteiger partial charge in [0.25, 0.3) is 0 Å². The van der Waals surface area contributed by atoms with Gasteiger partial charge in [0.15, 0.2) is 0 Å². The van der Waals surface area contributed by atoms with E-state index in [-0.39, 0.29) is 11.3 Å². The summed E-state index contributed by atoms with van der Waals surface area (Å²) in [4.78, 5) is 11.0. The van der Waals surface area contributed by atoms with Gasteiger partial charge in [-0.2, -0.15) is 0 Å². The number of hydrogen-bond acceptors (Lipinski definition) is 3. The largest absolute Gasteiger partial charge is 0.335 e. The second-order valence-corrected chi connectivity index (χ2v) is 5.44. The Kier molecular flexibility index (Phi) is 2.80. The zero-order valence-corrected chi connectivity index (χ0v) is 8.52. The van der Waals surface area contributed by atoms with Crippen molar-refractivity contribution in [3.63, 3.8) is 0 Å². The van der Waals surface area contributed by atoms with E-state index < -0.39 is 16.1 Å². The molecule has 0 aromatic rings. The molecule has 0 aromatic carbocycles. The lowest BCUT2D eigenvalue weighted by Crippen LogP contribution is -2.43. The summed E-state index contributed by atoms with van der Waals surface area (Å²) in [5.41, 5.74) is 0. The van der Waals surface area contributed by atoms with Crippen molar-refractivity contribution >= 4 is 16.1 Å². The zero-order chi connectivity index (χ0) is 10.1. The van der Waals surface area contributed by atoms with E-state index in [0.717, 1.165) is 0 Å². The molecule has 2 N–H and O–H groups in total. The summed E-state index contributed by atoms with van der Waals surface area (Å²) < 4.78 is 24.4. The fourth-order valence-electron chi connectivity index (χ4n) is 0.883. The molecule has 76 valence electrons. The molecule has 0 heterocycles. The van der Waals surface area contributed by atoms with E-state index in [1.165, 1.54) is 0 Å². The van der Waals surface area contributed by atoms with Gasteiger partial charge in [-0.25, -0.2) is 17.9 Å². The Morgan fingerprint density at radius 2 is 1.92 bits per heavy atom. The molecule has 0 spiro atoms. The summed E-state index contributed by atoms with van der Waals surface area (Å²) in [5, 5.41) is 2.10. The average molecular weight is 206 g/mol. The Bertz CT molecular complexity index is 293. The number of nitrogens with one attached hydrogen (secondary N) is 2. The molecule has 1 aliphatic carbocycles. The lowest BCUT2D eigenvalue weighted by molar-refractivity contribution is 0.243. The molecule has 0 radical (unpaired) electrons. The fourth-order valence-corrected chi connectivity index (χ4v) is 2.12. The predicted molar refractivity (Wildman–Crippen MR) is 48.7 cm³/mol. The monoisotopic (exact) mass is 206 g/mol. The first kappa shape index (κ1) is 10.3. The number of urea groups is 1. The van der Waals surface area contributed by atoms with E-state index >= 15 is 0 Å². The van der Waals surface area contributed by atoms with E-state index in [0.29, 0.717) is 12.8 Å². The van der Waals surface area contributed by atoms with Crippen LogP contribution < -0.4 is 10.0 Å². The predicted octanol–water partition coefficient (Wildman–Crippen LogP) is 0.186. The minimum absolute atomic E-state index is 0.0607. The maximum Gasteiger partial charge on any atom is 0.328 e. The van der Waals surface area contributed by atoms with Gasteiger partial charge in [-0.1, -0.05) is 0 Å². The van der Waals surface area contributed by atoms with E-state index in [9.17, 15) is 13.2 Å². The lowest BCUT2D eigenvalue weighted by atomic mass is 10.4. The number of hydrogen-bond donors (Lipinski definition) is 2. The lowest BCUT2D eigenvalue weighted by Gasteiger charge is -2.09. The van der Waals surface area contributed by atoms with Crippen LogP contribution in [0.4, 0.5) is 4.79 Å². The van der Waals surface area contributed by atoms with Gasteiger partial charge in [0.2, 0.25) is 10.0 Å². The van der Waals surface area contributed by atoms with Crippen molar-refractivity contribution in [1.82, 2.24) is 10.0 Å². The number of amides is 2. The molecule has 0 atom stereocenters. The number of rotatable bonds is 3. The van der Waals surface area contributed by atoms with Crippen LogP contribution in [0, 0.1) is 0 Å². The normalized spacial score (nSPS) is 17.2. The summed E-state index contributed by atoms with van der Waals surface area (Å²) in [6.45, 7) is 3.53. The molecule has 5 nitrogen and oxygen atoms in total. The molecule has 0 unspecified atom stereocenters. The molecular weight excluding hydrogens is 192 g/mol. The van der Waals surface area contributed by atoms with Crippen LogP contribution in [-0.4, -0.2) is 25.7 Å². The third kappa shape index (κ3) is 3.22. The van der Waals surface area contributed by atoms with Gasteiger partial charge < -0.3 is 5.32 Å². The van der Waals surface area contributed by atoms with Gasteiger partial charge in [-0.15, -0.1) is 0 Å². The van der Waals surface area contributed by atoms with Gasteiger partial charge in [-0.05, 0) is 26.7 Å². The highest BCUT2D eigenvalue weighted by molar-refractivity contribution is 7.90. The second-order valence-electron chi connectivity index (χ2n) is 3.47. The Balaban J connectivity index is 2.43. The van der Waals surface area contributed by atoms with Crippen LogP contribution in [0.3, 0.4) is 0 Å². The molecule has 0 bridgehead atoms. The van der Waals surface area contributed by atoms with Crippen molar-refractivity contribution in [2.24, 2.45) is 0 Å². The summed E-state index contributed by atoms with van der Waals surface area (Å²) in [5.74, 6) is 0. The highest BCUT2D eigenvalue weighted by atomic mass is 32.2. The van der Waals surface area contributed by atoms with Gasteiger partial charge in [-0.3, -0.25) is 0 Å². The SMILES string of the molecule is CC(C)NC(=O)NS(=O)(=O)C1CC1. The first-order valence-corrected chi connectivity index (χ1v) is 5.78. The van der Waals surface area contributed by atoms with Crippen molar-refractivity contribution in [3.05, 3.63) is 0 Å². The van der Waals surface area contributed by atoms with Crippen molar-refractivity contribution in [2.75, 3.05) is 0 Å². The van der Waals surface area contributed by atoms with E-state index in [1.54, 1.807) is 13.8 Å². The van der Waals surface area contributed by atoms with E-state index in [2.05, 4.69) is 5.32 Å². The van der Waals surface area contributed by atoms with Crippen molar-refractivity contribution in [2.45, 2.75) is 38.0 Å². The molecule has 1 saturated carbocycles. The van der Waals surface area contributed by atoms with Gasteiger partial charge in [0.05, 0.1) is 5.25 Å². The van der Waals surface area contributed by atoms with Crippen molar-refractivity contribution < 1.29 is 13.2 Å². The number of carbonyl (C=O) groups excluding carboxylic acids is 1. The van der Waals surface area contributed by atoms with Crippen LogP contribution >= 0.6 is 0 Å². The molecule has 0 saturated heterocycles. The molecule has 1 aliphatic rings. The van der Waals surface area contributed by atoms with Crippen LogP contribution in [0.15, 0.2) is 0 Å². The Labute approximate surface area is 77.9 Å². The summed E-state index contributed by atoms with van der Waals surface area (Å²) in [6.07, 6.45) is 1.31. The Hall–Kier alpha value is -0.780. The highest BCUT2D eigenvalue weighted by Gasteiger charge is 2.36. The first-order chi connectivity index (χ1) is 5.92. The second kappa shape index (κ2) is 3.53. The maximum absolute atomic E-state index is 11.2. The zero-order valence-electron chi connectivity index (χ0n) is 7.70. The van der Waals surface area contributed by atoms with Crippen LogP contribution in [-0.2, 0) is 10.0 Å². The molecular formula is C7H14N2O3S. The Morgan fingerprint density at radius 1 is 1.38 bits per heavy atom. The van der Waals surface area contributed by atoms with Crippen LogP contribution in [0.5, 0.6) is 0 Å². The van der Waals surface area contributed by atoms with Gasteiger partial charge in [0, 0.05) is 6.04 Å². The highest BCUT2D eigenvalue weighted by Crippen LogP contribution is 2.27. The third-order valence-corrected chi connectivity index (χ3v) is 3.44. The molecule has 0 aromatic heterocycles. The Morgan fingerprint density at radius 3 is 2.31 bits per heavy atom. The summed E-state index contributed by atoms with van der Waals surface area (Å²) >= 11 is 0. The molecule has 0 aliphatic heterocycles. The topological polar surface area (TPSA) is 75.3 Å². The molecule has 1 rings (SSSR count). The van der Waals surface area contributed by atoms with Crippen LogP contribution in [0.2, 0.25) is 0 Å². The van der Waals surface area contributed by atoms with Crippen molar-refractivity contribution in [3.8, 4) is 0 Å². The average Bonchev–Trinajstić information content (AvgIpc) is 2.60. The number of carbonyl (C=O) groups is 1. The van der Waals surface area contributed by atoms with Gasteiger partial charge in [0.1, 0.15) is 0 Å². The molecule has 6 heteroatoms. The standard InChI is InChI=1S/C7H14N2O3S/c1-5(2)8-7(10)9-13(11,12)6-3-4-6/h5-6H,3-4H2,1-2H3,(H2,8,9,10). The number of sulfonamides is 1. The van der Waals surface area contributed by atoms with Crippen LogP contribution in [0.1, 0.15) is 26.7 Å². The van der Waals surface area contributed by atoms with E-state index in [1.807, 2.05) is 4.72 Å². The first-order valence-electron chi connectivity index (χ1n) is 4.24. The summed E-state index contributed by atoms with van der Waals surface area (Å²) in [6, 6.07) is -0.698. The third-order valence-electron chi connectivity index (χ3n) is 1.62. The molecule has 1 fully saturated rings. The minimum atomic E-state index is -3.39. The summed E-state index contributed by atoms with van der Waals surface area (Å²) in [7, 11) is -3.39.